The number of nitrogens with zero attached hydrogens (tertiary/aromatic N) is 1. The van der Waals surface area contributed by atoms with Gasteiger partial charge in [0.15, 0.2) is 0 Å². The Balaban J connectivity index is 2.49. The van der Waals surface area contributed by atoms with Crippen LogP contribution in [-0.2, 0) is 9.59 Å². The van der Waals surface area contributed by atoms with Crippen LogP contribution in [-0.4, -0.2) is 41.0 Å². The van der Waals surface area contributed by atoms with Crippen molar-refractivity contribution in [3.05, 3.63) is 0 Å². The molecule has 0 spiro atoms. The first kappa shape index (κ1) is 13.0. The number of hydrogen-bond acceptors (Lipinski definition) is 3. The summed E-state index contributed by atoms with van der Waals surface area (Å²) < 4.78 is 0. The van der Waals surface area contributed by atoms with Crippen molar-refractivity contribution in [2.24, 2.45) is 11.7 Å². The van der Waals surface area contributed by atoms with Gasteiger partial charge in [0.05, 0.1) is 0 Å². The van der Waals surface area contributed by atoms with E-state index in [-0.39, 0.29) is 6.42 Å². The summed E-state index contributed by atoms with van der Waals surface area (Å²) in [5.41, 5.74) is 5.04. The summed E-state index contributed by atoms with van der Waals surface area (Å²) in [7, 11) is 0. The number of piperidine rings is 1. The van der Waals surface area contributed by atoms with E-state index in [1.54, 1.807) is 0 Å². The largest absolute Gasteiger partial charge is 0.480 e. The van der Waals surface area contributed by atoms with Crippen molar-refractivity contribution in [3.8, 4) is 0 Å². The summed E-state index contributed by atoms with van der Waals surface area (Å²) in [5.74, 6) is -0.616. The highest BCUT2D eigenvalue weighted by atomic mass is 16.4. The first-order valence-corrected chi connectivity index (χ1v) is 5.76. The highest BCUT2D eigenvalue weighted by Gasteiger charge is 2.28. The lowest BCUT2D eigenvalue weighted by Gasteiger charge is -2.34. The van der Waals surface area contributed by atoms with Crippen LogP contribution >= 0.6 is 0 Å². The molecule has 1 aliphatic rings. The fraction of sp³-hybridized carbons (Fsp3) is 0.818. The van der Waals surface area contributed by atoms with Crippen LogP contribution in [0.2, 0.25) is 0 Å². The summed E-state index contributed by atoms with van der Waals surface area (Å²) in [6.07, 6.45) is 2.52. The number of rotatable bonds is 5. The van der Waals surface area contributed by atoms with Crippen molar-refractivity contribution >= 4 is 11.9 Å². The lowest BCUT2D eigenvalue weighted by atomic mass is 9.97. The quantitative estimate of drug-likeness (QED) is 0.715. The molecule has 1 aliphatic heterocycles. The average molecular weight is 228 g/mol. The summed E-state index contributed by atoms with van der Waals surface area (Å²) in [4.78, 5) is 23.7. The van der Waals surface area contributed by atoms with E-state index >= 15 is 0 Å². The zero-order valence-electron chi connectivity index (χ0n) is 9.69. The molecule has 1 amide bonds. The molecule has 0 aromatic rings. The van der Waals surface area contributed by atoms with Gasteiger partial charge in [-0.3, -0.25) is 14.5 Å². The van der Waals surface area contributed by atoms with Gasteiger partial charge in [-0.1, -0.05) is 6.92 Å². The Morgan fingerprint density at radius 3 is 2.44 bits per heavy atom. The van der Waals surface area contributed by atoms with E-state index in [4.69, 9.17) is 10.8 Å². The van der Waals surface area contributed by atoms with Crippen LogP contribution in [0.1, 0.15) is 32.6 Å². The minimum atomic E-state index is -0.851. The molecule has 1 heterocycles. The van der Waals surface area contributed by atoms with Crippen molar-refractivity contribution in [2.75, 3.05) is 13.1 Å². The van der Waals surface area contributed by atoms with E-state index < -0.39 is 17.9 Å². The van der Waals surface area contributed by atoms with E-state index in [1.807, 2.05) is 4.90 Å². The van der Waals surface area contributed by atoms with Crippen molar-refractivity contribution in [3.63, 3.8) is 0 Å². The third kappa shape index (κ3) is 3.81. The number of likely N-dealkylation sites (tertiary alicyclic amines) is 1. The van der Waals surface area contributed by atoms with E-state index in [1.165, 1.54) is 0 Å². The Kier molecular flexibility index (Phi) is 4.73. The summed E-state index contributed by atoms with van der Waals surface area (Å²) >= 11 is 0. The van der Waals surface area contributed by atoms with Crippen molar-refractivity contribution < 1.29 is 14.7 Å². The summed E-state index contributed by atoms with van der Waals surface area (Å²) in [5, 5.41) is 9.11. The fourth-order valence-corrected chi connectivity index (χ4v) is 2.08. The van der Waals surface area contributed by atoms with E-state index in [0.717, 1.165) is 25.9 Å². The molecule has 0 aromatic heterocycles. The van der Waals surface area contributed by atoms with Gasteiger partial charge in [-0.15, -0.1) is 0 Å². The van der Waals surface area contributed by atoms with Crippen LogP contribution in [0.25, 0.3) is 0 Å². The number of amides is 1. The maximum absolute atomic E-state index is 11.1. The summed E-state index contributed by atoms with van der Waals surface area (Å²) in [6.45, 7) is 3.78. The van der Waals surface area contributed by atoms with Gasteiger partial charge in [0.2, 0.25) is 5.91 Å². The Labute approximate surface area is 95.6 Å². The second kappa shape index (κ2) is 5.84. The highest BCUT2D eigenvalue weighted by Crippen LogP contribution is 2.20. The Bertz CT molecular complexity index is 260. The van der Waals surface area contributed by atoms with E-state index in [0.29, 0.717) is 12.3 Å². The number of carbonyl (C=O) groups excluding carboxylic acids is 1. The van der Waals surface area contributed by atoms with Crippen LogP contribution in [0, 0.1) is 5.92 Å². The molecule has 92 valence electrons. The predicted octanol–water partition coefficient (Wildman–Crippen LogP) is 0.437. The molecule has 1 saturated heterocycles. The molecule has 5 heteroatoms. The second-order valence-corrected chi connectivity index (χ2v) is 4.58. The van der Waals surface area contributed by atoms with Crippen molar-refractivity contribution in [1.82, 2.24) is 4.90 Å². The highest BCUT2D eigenvalue weighted by molar-refractivity contribution is 5.77. The van der Waals surface area contributed by atoms with Crippen LogP contribution in [0.4, 0.5) is 0 Å². The molecule has 0 bridgehead atoms. The standard InChI is InChI=1S/C11H20N2O3/c1-8-4-6-13(7-5-8)9(11(15)16)2-3-10(12)14/h8-9H,2-7H2,1H3,(H2,12,14)(H,15,16). The molecule has 0 radical (unpaired) electrons. The third-order valence-corrected chi connectivity index (χ3v) is 3.21. The van der Waals surface area contributed by atoms with Gasteiger partial charge in [0.25, 0.3) is 0 Å². The molecule has 3 N–H and O–H groups in total. The van der Waals surface area contributed by atoms with Gasteiger partial charge in [-0.25, -0.2) is 0 Å². The molecule has 1 rings (SSSR count). The molecule has 0 saturated carbocycles. The zero-order valence-corrected chi connectivity index (χ0v) is 9.69. The molecular formula is C11H20N2O3. The monoisotopic (exact) mass is 228 g/mol. The molecule has 0 aromatic carbocycles. The number of primary amides is 1. The van der Waals surface area contributed by atoms with E-state index in [9.17, 15) is 9.59 Å². The zero-order chi connectivity index (χ0) is 12.1. The number of carboxylic acid groups (broad SMARTS) is 1. The molecule has 16 heavy (non-hydrogen) atoms. The smallest absolute Gasteiger partial charge is 0.320 e. The summed E-state index contributed by atoms with van der Waals surface area (Å²) in [6, 6.07) is -0.556. The predicted molar refractivity (Wildman–Crippen MR) is 59.8 cm³/mol. The second-order valence-electron chi connectivity index (χ2n) is 4.58. The lowest BCUT2D eigenvalue weighted by Crippen LogP contribution is -2.45. The van der Waals surface area contributed by atoms with E-state index in [2.05, 4.69) is 6.92 Å². The lowest BCUT2D eigenvalue weighted by molar-refractivity contribution is -0.144. The number of carboxylic acids is 1. The number of aliphatic carboxylic acids is 1. The molecular weight excluding hydrogens is 208 g/mol. The Morgan fingerprint density at radius 2 is 2.00 bits per heavy atom. The van der Waals surface area contributed by atoms with Crippen LogP contribution in [0.15, 0.2) is 0 Å². The first-order chi connectivity index (χ1) is 7.50. The van der Waals surface area contributed by atoms with Gasteiger partial charge in [-0.05, 0) is 38.3 Å². The SMILES string of the molecule is CC1CCN(C(CCC(N)=O)C(=O)O)CC1. The minimum Gasteiger partial charge on any atom is -0.480 e. The number of hydrogen-bond donors (Lipinski definition) is 2. The maximum atomic E-state index is 11.1. The Hall–Kier alpha value is -1.10. The van der Waals surface area contributed by atoms with Crippen LogP contribution in [0.5, 0.6) is 0 Å². The first-order valence-electron chi connectivity index (χ1n) is 5.76. The van der Waals surface area contributed by atoms with Gasteiger partial charge in [0, 0.05) is 6.42 Å². The fourth-order valence-electron chi connectivity index (χ4n) is 2.08. The normalized spacial score (nSPS) is 20.6. The van der Waals surface area contributed by atoms with Crippen molar-refractivity contribution in [2.45, 2.75) is 38.6 Å². The molecule has 1 unspecified atom stereocenters. The Morgan fingerprint density at radius 1 is 1.44 bits per heavy atom. The van der Waals surface area contributed by atoms with Crippen molar-refractivity contribution in [1.29, 1.82) is 0 Å². The maximum Gasteiger partial charge on any atom is 0.320 e. The molecule has 1 fully saturated rings. The number of nitrogens with two attached hydrogens (primary N) is 1. The molecule has 1 atom stereocenters. The average Bonchev–Trinajstić information content (AvgIpc) is 2.20. The van der Waals surface area contributed by atoms with Gasteiger partial charge >= 0.3 is 5.97 Å². The topological polar surface area (TPSA) is 83.6 Å². The minimum absolute atomic E-state index is 0.142. The van der Waals surface area contributed by atoms with Gasteiger partial charge in [-0.2, -0.15) is 0 Å². The molecule has 0 aliphatic carbocycles. The third-order valence-electron chi connectivity index (χ3n) is 3.21. The van der Waals surface area contributed by atoms with Crippen LogP contribution in [0.3, 0.4) is 0 Å². The molecule has 5 nitrogen and oxygen atoms in total. The van der Waals surface area contributed by atoms with Crippen LogP contribution < -0.4 is 5.73 Å². The number of carbonyl (C=O) groups is 2. The van der Waals surface area contributed by atoms with Gasteiger partial charge < -0.3 is 10.8 Å². The van der Waals surface area contributed by atoms with Gasteiger partial charge in [0.1, 0.15) is 6.04 Å².